The first kappa shape index (κ1) is 18.6. The SMILES string of the molecule is [2H]c1c([2H])c([2H])c(-c2ccc3c(c2)oc2c(-c4ccccc4)nc(-n4c5ccccc5c5cc6ccccc6cc54)nc23)c([2H])c1[2H]. The molecule has 0 saturated carbocycles. The molecule has 0 aliphatic carbocycles. The van der Waals surface area contributed by atoms with Gasteiger partial charge >= 0.3 is 0 Å². The van der Waals surface area contributed by atoms with Crippen molar-refractivity contribution in [3.05, 3.63) is 139 Å². The largest absolute Gasteiger partial charge is 0.452 e. The number of benzene rings is 6. The van der Waals surface area contributed by atoms with E-state index in [0.29, 0.717) is 33.9 Å². The van der Waals surface area contributed by atoms with Gasteiger partial charge in [0.05, 0.1) is 17.9 Å². The Morgan fingerprint density at radius 1 is 0.571 bits per heavy atom. The van der Waals surface area contributed by atoms with E-state index in [9.17, 15) is 0 Å². The summed E-state index contributed by atoms with van der Waals surface area (Å²) in [5.41, 5.74) is 5.61. The third-order valence-electron chi connectivity index (χ3n) is 7.88. The first-order chi connectivity index (χ1) is 22.9. The molecule has 4 nitrogen and oxygen atoms in total. The molecular weight excluding hydrogens is 514 g/mol. The van der Waals surface area contributed by atoms with Crippen LogP contribution in [0.2, 0.25) is 0 Å². The molecule has 0 spiro atoms. The zero-order valence-corrected chi connectivity index (χ0v) is 22.1. The minimum atomic E-state index is -0.429. The first-order valence-electron chi connectivity index (χ1n) is 16.2. The molecule has 0 amide bonds. The van der Waals surface area contributed by atoms with Gasteiger partial charge in [0.2, 0.25) is 5.95 Å². The molecule has 4 heteroatoms. The van der Waals surface area contributed by atoms with Crippen LogP contribution in [0, 0.1) is 0 Å². The van der Waals surface area contributed by atoms with Gasteiger partial charge in [-0.3, -0.25) is 4.57 Å². The van der Waals surface area contributed by atoms with Gasteiger partial charge in [-0.25, -0.2) is 9.97 Å². The molecule has 3 heterocycles. The fraction of sp³-hybridized carbons (Fsp3) is 0. The number of nitrogens with zero attached hydrogens (tertiary/aromatic N) is 3. The topological polar surface area (TPSA) is 43.9 Å². The minimum Gasteiger partial charge on any atom is -0.452 e. The van der Waals surface area contributed by atoms with Crippen LogP contribution in [0.1, 0.15) is 6.85 Å². The molecule has 0 bridgehead atoms. The highest BCUT2D eigenvalue weighted by molar-refractivity contribution is 6.14. The van der Waals surface area contributed by atoms with Crippen LogP contribution in [0.4, 0.5) is 0 Å². The van der Waals surface area contributed by atoms with Crippen LogP contribution in [0.15, 0.2) is 144 Å². The van der Waals surface area contributed by atoms with Gasteiger partial charge in [0.1, 0.15) is 16.8 Å². The Labute approximate surface area is 248 Å². The lowest BCUT2D eigenvalue weighted by molar-refractivity contribution is 0.667. The van der Waals surface area contributed by atoms with Gasteiger partial charge in [-0.05, 0) is 52.2 Å². The van der Waals surface area contributed by atoms with Gasteiger partial charge in [0.15, 0.2) is 5.58 Å². The van der Waals surface area contributed by atoms with Crippen LogP contribution in [-0.2, 0) is 0 Å². The van der Waals surface area contributed by atoms with E-state index in [1.165, 1.54) is 0 Å². The number of hydrogen-bond acceptors (Lipinski definition) is 3. The van der Waals surface area contributed by atoms with Crippen molar-refractivity contribution in [1.82, 2.24) is 14.5 Å². The highest BCUT2D eigenvalue weighted by Crippen LogP contribution is 2.39. The van der Waals surface area contributed by atoms with Crippen LogP contribution in [0.3, 0.4) is 0 Å². The Morgan fingerprint density at radius 3 is 2.19 bits per heavy atom. The normalized spacial score (nSPS) is 13.5. The molecule has 3 aromatic heterocycles. The second-order valence-electron chi connectivity index (χ2n) is 10.3. The van der Waals surface area contributed by atoms with E-state index in [-0.39, 0.29) is 29.7 Å². The van der Waals surface area contributed by atoms with E-state index in [2.05, 4.69) is 41.0 Å². The molecule has 0 radical (unpaired) electrons. The molecule has 0 unspecified atom stereocenters. The lowest BCUT2D eigenvalue weighted by Crippen LogP contribution is -2.02. The van der Waals surface area contributed by atoms with E-state index >= 15 is 0 Å². The Bertz CT molecular complexity index is 2720. The number of rotatable bonds is 3. The molecular formula is C38H23N3O. The Morgan fingerprint density at radius 2 is 1.33 bits per heavy atom. The number of hydrogen-bond donors (Lipinski definition) is 0. The maximum absolute atomic E-state index is 8.50. The maximum atomic E-state index is 8.50. The molecule has 9 aromatic rings. The first-order valence-corrected chi connectivity index (χ1v) is 13.7. The summed E-state index contributed by atoms with van der Waals surface area (Å²) in [6, 6.07) is 34.3. The molecule has 9 rings (SSSR count). The molecule has 0 atom stereocenters. The number of furan rings is 1. The van der Waals surface area contributed by atoms with Crippen molar-refractivity contribution in [1.29, 1.82) is 0 Å². The van der Waals surface area contributed by atoms with Crippen molar-refractivity contribution in [2.24, 2.45) is 0 Å². The van der Waals surface area contributed by atoms with E-state index in [0.717, 1.165) is 43.5 Å². The highest BCUT2D eigenvalue weighted by Gasteiger charge is 2.21. The summed E-state index contributed by atoms with van der Waals surface area (Å²) in [6.07, 6.45) is 0. The van der Waals surface area contributed by atoms with E-state index < -0.39 is 6.04 Å². The van der Waals surface area contributed by atoms with Gasteiger partial charge in [0.25, 0.3) is 0 Å². The predicted molar refractivity (Wildman–Crippen MR) is 172 cm³/mol. The summed E-state index contributed by atoms with van der Waals surface area (Å²) in [6.45, 7) is 0. The van der Waals surface area contributed by atoms with Gasteiger partial charge in [-0.2, -0.15) is 0 Å². The maximum Gasteiger partial charge on any atom is 0.236 e. The summed E-state index contributed by atoms with van der Waals surface area (Å²) in [5, 5.41) is 5.19. The quantitative estimate of drug-likeness (QED) is 0.223. The zero-order valence-electron chi connectivity index (χ0n) is 27.1. The summed E-state index contributed by atoms with van der Waals surface area (Å²) >= 11 is 0. The standard InChI is InChI=1S/C38H23N3O/c1-3-11-24(12-4-1)28-19-20-30-34(23-28)42-37-35(25-13-5-2-6-14-25)39-38(40-36(30)37)41-32-18-10-9-17-29(32)31-21-26-15-7-8-16-27(26)22-33(31)41/h1-23H/i1D,3D,4D,11D,12D. The summed E-state index contributed by atoms with van der Waals surface area (Å²) < 4.78 is 49.9. The van der Waals surface area contributed by atoms with Crippen LogP contribution >= 0.6 is 0 Å². The minimum absolute atomic E-state index is 0.117. The number of fused-ring (bicyclic) bond motifs is 7. The van der Waals surface area contributed by atoms with Gasteiger partial charge < -0.3 is 4.42 Å². The molecule has 42 heavy (non-hydrogen) atoms. The molecule has 0 fully saturated rings. The van der Waals surface area contributed by atoms with Crippen molar-refractivity contribution < 1.29 is 11.3 Å². The second kappa shape index (κ2) is 8.88. The molecule has 0 aliphatic rings. The van der Waals surface area contributed by atoms with Gasteiger partial charge in [-0.1, -0.05) is 109 Å². The van der Waals surface area contributed by atoms with Crippen LogP contribution in [0.5, 0.6) is 0 Å². The zero-order chi connectivity index (χ0) is 32.0. The smallest absolute Gasteiger partial charge is 0.236 e. The lowest BCUT2D eigenvalue weighted by atomic mass is 10.0. The van der Waals surface area contributed by atoms with Crippen molar-refractivity contribution in [2.45, 2.75) is 0 Å². The van der Waals surface area contributed by atoms with E-state index in [1.807, 2.05) is 60.7 Å². The molecule has 0 saturated heterocycles. The van der Waals surface area contributed by atoms with Crippen LogP contribution < -0.4 is 0 Å². The van der Waals surface area contributed by atoms with Gasteiger partial charge in [0, 0.05) is 21.7 Å². The van der Waals surface area contributed by atoms with Crippen molar-refractivity contribution in [3.8, 4) is 28.3 Å². The van der Waals surface area contributed by atoms with Crippen molar-refractivity contribution in [3.63, 3.8) is 0 Å². The summed E-state index contributed by atoms with van der Waals surface area (Å²) in [7, 11) is 0. The fourth-order valence-corrected chi connectivity index (χ4v) is 5.94. The number of aromatic nitrogens is 3. The monoisotopic (exact) mass is 542 g/mol. The Hall–Kier alpha value is -5.74. The lowest BCUT2D eigenvalue weighted by Gasteiger charge is -2.09. The Balaban J connectivity index is 1.36. The second-order valence-corrected chi connectivity index (χ2v) is 10.3. The average Bonchev–Trinajstić information content (AvgIpc) is 3.63. The van der Waals surface area contributed by atoms with Crippen LogP contribution in [-0.4, -0.2) is 14.5 Å². The summed E-state index contributed by atoms with van der Waals surface area (Å²) in [5.74, 6) is 0.496. The fourth-order valence-electron chi connectivity index (χ4n) is 5.94. The Kier molecular flexibility index (Phi) is 3.93. The molecule has 196 valence electrons. The number of para-hydroxylation sites is 1. The van der Waals surface area contributed by atoms with Gasteiger partial charge in [-0.15, -0.1) is 0 Å². The average molecular weight is 543 g/mol. The van der Waals surface area contributed by atoms with E-state index in [1.54, 1.807) is 12.1 Å². The molecule has 6 aromatic carbocycles. The summed E-state index contributed by atoms with van der Waals surface area (Å²) in [4.78, 5) is 10.3. The van der Waals surface area contributed by atoms with Crippen LogP contribution in [0.25, 0.3) is 83.0 Å². The van der Waals surface area contributed by atoms with Crippen molar-refractivity contribution >= 4 is 54.6 Å². The van der Waals surface area contributed by atoms with Crippen molar-refractivity contribution in [2.75, 3.05) is 0 Å². The third kappa shape index (κ3) is 3.42. The highest BCUT2D eigenvalue weighted by atomic mass is 16.3. The molecule has 0 aliphatic heterocycles. The molecule has 0 N–H and O–H groups in total. The predicted octanol–water partition coefficient (Wildman–Crippen LogP) is 9.96. The van der Waals surface area contributed by atoms with E-state index in [4.69, 9.17) is 21.2 Å². The third-order valence-corrected chi connectivity index (χ3v) is 7.88.